The van der Waals surface area contributed by atoms with Crippen LogP contribution >= 0.6 is 11.3 Å². The van der Waals surface area contributed by atoms with Crippen molar-refractivity contribution in [2.24, 2.45) is 5.92 Å². The van der Waals surface area contributed by atoms with Gasteiger partial charge in [-0.15, -0.1) is 11.3 Å². The maximum Gasteiger partial charge on any atom is 0.257 e. The van der Waals surface area contributed by atoms with E-state index in [-0.39, 0.29) is 5.91 Å². The SMILES string of the molecule is COc1ccc(NC(=O)c2c(C)sc3ncnc(N4CCC[C@@H](C)C4)c23)cc1OC. The molecule has 0 aliphatic carbocycles. The summed E-state index contributed by atoms with van der Waals surface area (Å²) in [6.07, 6.45) is 3.95. The molecule has 1 fully saturated rings. The number of carbonyl (C=O) groups is 1. The summed E-state index contributed by atoms with van der Waals surface area (Å²) in [5, 5.41) is 3.84. The summed E-state index contributed by atoms with van der Waals surface area (Å²) < 4.78 is 10.6. The first-order chi connectivity index (χ1) is 14.5. The fraction of sp³-hybridized carbons (Fsp3) is 0.409. The van der Waals surface area contributed by atoms with Crippen LogP contribution in [0.5, 0.6) is 11.5 Å². The van der Waals surface area contributed by atoms with Crippen LogP contribution < -0.4 is 19.7 Å². The number of nitrogens with zero attached hydrogens (tertiary/aromatic N) is 3. The van der Waals surface area contributed by atoms with Crippen LogP contribution in [-0.2, 0) is 0 Å². The normalized spacial score (nSPS) is 16.5. The first kappa shape index (κ1) is 20.4. The predicted molar refractivity (Wildman–Crippen MR) is 120 cm³/mol. The van der Waals surface area contributed by atoms with E-state index in [2.05, 4.69) is 27.1 Å². The maximum absolute atomic E-state index is 13.3. The molecule has 30 heavy (non-hydrogen) atoms. The largest absolute Gasteiger partial charge is 0.493 e. The number of piperidine rings is 1. The van der Waals surface area contributed by atoms with Crippen molar-refractivity contribution in [3.05, 3.63) is 35.0 Å². The Labute approximate surface area is 180 Å². The molecule has 1 aliphatic heterocycles. The molecule has 2 aromatic heterocycles. The lowest BCUT2D eigenvalue weighted by molar-refractivity contribution is 0.102. The molecule has 0 saturated carbocycles. The number of carbonyl (C=O) groups excluding carboxylic acids is 1. The summed E-state index contributed by atoms with van der Waals surface area (Å²) in [4.78, 5) is 26.4. The molecule has 158 valence electrons. The first-order valence-electron chi connectivity index (χ1n) is 10.0. The van der Waals surface area contributed by atoms with Gasteiger partial charge in [0.05, 0.1) is 25.2 Å². The number of benzene rings is 1. The van der Waals surface area contributed by atoms with Gasteiger partial charge in [-0.3, -0.25) is 4.79 Å². The summed E-state index contributed by atoms with van der Waals surface area (Å²) in [7, 11) is 3.16. The van der Waals surface area contributed by atoms with Crippen molar-refractivity contribution in [3.63, 3.8) is 0 Å². The number of anilines is 2. The van der Waals surface area contributed by atoms with Gasteiger partial charge in [-0.25, -0.2) is 9.97 Å². The van der Waals surface area contributed by atoms with E-state index in [4.69, 9.17) is 9.47 Å². The van der Waals surface area contributed by atoms with Crippen molar-refractivity contribution in [1.82, 2.24) is 9.97 Å². The summed E-state index contributed by atoms with van der Waals surface area (Å²) >= 11 is 1.53. The number of ether oxygens (including phenoxy) is 2. The van der Waals surface area contributed by atoms with Gasteiger partial charge in [-0.05, 0) is 37.8 Å². The Kier molecular flexibility index (Phi) is 5.76. The number of hydrogen-bond acceptors (Lipinski definition) is 7. The minimum Gasteiger partial charge on any atom is -0.493 e. The Bertz CT molecular complexity index is 1080. The zero-order valence-corrected chi connectivity index (χ0v) is 18.5. The number of hydrogen-bond donors (Lipinski definition) is 1. The number of methoxy groups -OCH3 is 2. The predicted octanol–water partition coefficient (Wildman–Crippen LogP) is 4.51. The Hall–Kier alpha value is -2.87. The molecule has 1 amide bonds. The van der Waals surface area contributed by atoms with Crippen LogP contribution in [0.4, 0.5) is 11.5 Å². The van der Waals surface area contributed by atoms with Crippen molar-refractivity contribution >= 4 is 39.0 Å². The number of rotatable bonds is 5. The lowest BCUT2D eigenvalue weighted by Gasteiger charge is -2.32. The third-order valence-corrected chi connectivity index (χ3v) is 6.48. The van der Waals surface area contributed by atoms with Gasteiger partial charge in [-0.1, -0.05) is 6.92 Å². The van der Waals surface area contributed by atoms with Gasteiger partial charge in [0.25, 0.3) is 5.91 Å². The summed E-state index contributed by atoms with van der Waals surface area (Å²) in [5.74, 6) is 2.46. The van der Waals surface area contributed by atoms with Crippen LogP contribution in [0.1, 0.15) is 35.0 Å². The van der Waals surface area contributed by atoms with E-state index in [0.717, 1.165) is 40.4 Å². The van der Waals surface area contributed by atoms with Crippen molar-refractivity contribution < 1.29 is 14.3 Å². The van der Waals surface area contributed by atoms with Crippen LogP contribution in [0.2, 0.25) is 0 Å². The van der Waals surface area contributed by atoms with Crippen molar-refractivity contribution in [3.8, 4) is 11.5 Å². The lowest BCUT2D eigenvalue weighted by Crippen LogP contribution is -2.35. The molecule has 1 aliphatic rings. The molecule has 7 nitrogen and oxygen atoms in total. The molecule has 0 unspecified atom stereocenters. The molecule has 0 bridgehead atoms. The molecular weight excluding hydrogens is 400 g/mol. The van der Waals surface area contributed by atoms with Crippen molar-refractivity contribution in [2.45, 2.75) is 26.7 Å². The molecule has 3 heterocycles. The topological polar surface area (TPSA) is 76.6 Å². The summed E-state index contributed by atoms with van der Waals surface area (Å²) in [5.41, 5.74) is 1.28. The number of amides is 1. The van der Waals surface area contributed by atoms with Crippen molar-refractivity contribution in [1.29, 1.82) is 0 Å². The zero-order chi connectivity index (χ0) is 21.3. The maximum atomic E-state index is 13.3. The Balaban J connectivity index is 1.71. The van der Waals surface area contributed by atoms with Crippen LogP contribution in [0.3, 0.4) is 0 Å². The third-order valence-electron chi connectivity index (χ3n) is 5.47. The van der Waals surface area contributed by atoms with E-state index in [9.17, 15) is 4.79 Å². The number of aromatic nitrogens is 2. The summed E-state index contributed by atoms with van der Waals surface area (Å²) in [6.45, 7) is 6.10. The van der Waals surface area contributed by atoms with E-state index in [1.807, 2.05) is 6.92 Å². The summed E-state index contributed by atoms with van der Waals surface area (Å²) in [6, 6.07) is 5.33. The molecule has 8 heteroatoms. The van der Waals surface area contributed by atoms with Crippen LogP contribution in [0.15, 0.2) is 24.5 Å². The molecule has 1 N–H and O–H groups in total. The number of thiophene rings is 1. The second-order valence-corrected chi connectivity index (χ2v) is 8.83. The average Bonchev–Trinajstić information content (AvgIpc) is 3.09. The van der Waals surface area contributed by atoms with E-state index >= 15 is 0 Å². The van der Waals surface area contributed by atoms with E-state index in [1.165, 1.54) is 17.8 Å². The third kappa shape index (κ3) is 3.79. The molecule has 1 atom stereocenters. The van der Waals surface area contributed by atoms with Crippen LogP contribution in [-0.4, -0.2) is 43.2 Å². The first-order valence-corrected chi connectivity index (χ1v) is 10.9. The Morgan fingerprint density at radius 2 is 2.03 bits per heavy atom. The van der Waals surface area contributed by atoms with E-state index in [0.29, 0.717) is 28.7 Å². The zero-order valence-electron chi connectivity index (χ0n) is 17.7. The number of nitrogens with one attached hydrogen (secondary N) is 1. The molecule has 4 rings (SSSR count). The van der Waals surface area contributed by atoms with Crippen LogP contribution in [0.25, 0.3) is 10.2 Å². The second-order valence-electron chi connectivity index (χ2n) is 7.63. The van der Waals surface area contributed by atoms with Gasteiger partial charge in [0.2, 0.25) is 0 Å². The van der Waals surface area contributed by atoms with Gasteiger partial charge < -0.3 is 19.7 Å². The van der Waals surface area contributed by atoms with Gasteiger partial charge in [0.15, 0.2) is 11.5 Å². The minimum atomic E-state index is -0.174. The van der Waals surface area contributed by atoms with Gasteiger partial charge in [-0.2, -0.15) is 0 Å². The highest BCUT2D eigenvalue weighted by Gasteiger charge is 2.26. The molecule has 1 saturated heterocycles. The fourth-order valence-electron chi connectivity index (χ4n) is 4.03. The molecule has 3 aromatic rings. The molecule has 0 spiro atoms. The van der Waals surface area contributed by atoms with Gasteiger partial charge in [0, 0.05) is 29.7 Å². The highest BCUT2D eigenvalue weighted by Crippen LogP contribution is 2.37. The monoisotopic (exact) mass is 426 g/mol. The lowest BCUT2D eigenvalue weighted by atomic mass is 10.00. The fourth-order valence-corrected chi connectivity index (χ4v) is 5.01. The Morgan fingerprint density at radius 3 is 2.77 bits per heavy atom. The Morgan fingerprint density at radius 1 is 1.23 bits per heavy atom. The molecule has 1 aromatic carbocycles. The quantitative estimate of drug-likeness (QED) is 0.647. The highest BCUT2D eigenvalue weighted by molar-refractivity contribution is 7.19. The molecule has 0 radical (unpaired) electrons. The van der Waals surface area contributed by atoms with Crippen LogP contribution in [0, 0.1) is 12.8 Å². The number of aryl methyl sites for hydroxylation is 1. The standard InChI is InChI=1S/C22H26N4O3S/c1-13-6-5-9-26(11-13)20-19-18(14(2)30-22(19)24-12-23-20)21(27)25-15-7-8-16(28-3)17(10-15)29-4/h7-8,10,12-13H,5-6,9,11H2,1-4H3,(H,25,27)/t13-/m1/s1. The number of fused-ring (bicyclic) bond motifs is 1. The van der Waals surface area contributed by atoms with E-state index in [1.54, 1.807) is 38.7 Å². The van der Waals surface area contributed by atoms with Gasteiger partial charge >= 0.3 is 0 Å². The van der Waals surface area contributed by atoms with Gasteiger partial charge in [0.1, 0.15) is 17.0 Å². The minimum absolute atomic E-state index is 0.174. The molecular formula is C22H26N4O3S. The average molecular weight is 427 g/mol. The smallest absolute Gasteiger partial charge is 0.257 e. The van der Waals surface area contributed by atoms with E-state index < -0.39 is 0 Å². The second kappa shape index (κ2) is 8.47. The van der Waals surface area contributed by atoms with Crippen molar-refractivity contribution in [2.75, 3.05) is 37.5 Å². The highest BCUT2D eigenvalue weighted by atomic mass is 32.1.